The summed E-state index contributed by atoms with van der Waals surface area (Å²) >= 11 is 1.44. The topological polar surface area (TPSA) is 71.3 Å². The molecule has 8 heteroatoms. The Hall–Kier alpha value is -3.26. The van der Waals surface area contributed by atoms with Gasteiger partial charge in [0.1, 0.15) is 5.82 Å². The number of carbonyl (C=O) groups excluding carboxylic acids is 1. The van der Waals surface area contributed by atoms with Crippen LogP contribution in [0, 0.1) is 5.82 Å². The number of thiazole rings is 1. The summed E-state index contributed by atoms with van der Waals surface area (Å²) in [4.78, 5) is 17.1. The van der Waals surface area contributed by atoms with E-state index in [2.05, 4.69) is 20.7 Å². The smallest absolute Gasteiger partial charge is 0.314 e. The van der Waals surface area contributed by atoms with Gasteiger partial charge < -0.3 is 10.6 Å². The minimum atomic E-state index is -0.346. The van der Waals surface area contributed by atoms with Crippen LogP contribution in [-0.4, -0.2) is 33.7 Å². The van der Waals surface area contributed by atoms with Crippen LogP contribution in [0.5, 0.6) is 0 Å². The van der Waals surface area contributed by atoms with E-state index in [1.54, 1.807) is 22.7 Å². The molecule has 0 aliphatic heterocycles. The highest BCUT2D eigenvalue weighted by molar-refractivity contribution is 7.15. The molecule has 2 aromatic heterocycles. The lowest BCUT2D eigenvalue weighted by Gasteiger charge is -2.07. The normalized spacial score (nSPS) is 10.9. The van der Waals surface area contributed by atoms with E-state index in [1.165, 1.54) is 23.0 Å². The number of fused-ring (bicyclic) bond motifs is 1. The molecule has 0 bridgehead atoms. The van der Waals surface area contributed by atoms with E-state index in [0.717, 1.165) is 12.1 Å². The molecule has 4 aromatic rings. The van der Waals surface area contributed by atoms with Gasteiger partial charge in [0.05, 0.1) is 11.3 Å². The first kappa shape index (κ1) is 19.1. The molecule has 148 valence electrons. The van der Waals surface area contributed by atoms with Gasteiger partial charge in [-0.25, -0.2) is 13.7 Å². The molecule has 6 nitrogen and oxygen atoms in total. The minimum absolute atomic E-state index is 0.196. The van der Waals surface area contributed by atoms with Crippen LogP contribution in [0.4, 0.5) is 9.18 Å². The van der Waals surface area contributed by atoms with Crippen molar-refractivity contribution in [2.45, 2.75) is 12.8 Å². The molecule has 2 aromatic carbocycles. The Labute approximate surface area is 171 Å². The second-order valence-corrected chi connectivity index (χ2v) is 7.34. The predicted octanol–water partition coefficient (Wildman–Crippen LogP) is 3.68. The fourth-order valence-corrected chi connectivity index (χ4v) is 3.84. The molecule has 0 spiro atoms. The van der Waals surface area contributed by atoms with E-state index in [0.29, 0.717) is 35.9 Å². The Morgan fingerprint density at radius 3 is 2.52 bits per heavy atom. The van der Waals surface area contributed by atoms with Crippen molar-refractivity contribution in [3.63, 3.8) is 0 Å². The van der Waals surface area contributed by atoms with Crippen LogP contribution < -0.4 is 10.6 Å². The number of urea groups is 1. The molecule has 0 aliphatic rings. The molecule has 0 radical (unpaired) electrons. The number of nitrogens with zero attached hydrogens (tertiary/aromatic N) is 3. The molecule has 0 saturated heterocycles. The molecular weight excluding hydrogens is 389 g/mol. The Morgan fingerprint density at radius 1 is 1.00 bits per heavy atom. The monoisotopic (exact) mass is 409 g/mol. The van der Waals surface area contributed by atoms with Gasteiger partial charge >= 0.3 is 6.03 Å². The number of rotatable bonds is 7. The maximum atomic E-state index is 14.0. The van der Waals surface area contributed by atoms with E-state index < -0.39 is 0 Å². The molecule has 29 heavy (non-hydrogen) atoms. The number of amides is 2. The van der Waals surface area contributed by atoms with E-state index in [-0.39, 0.29) is 11.8 Å². The van der Waals surface area contributed by atoms with Crippen LogP contribution in [0.2, 0.25) is 0 Å². The van der Waals surface area contributed by atoms with E-state index >= 15 is 0 Å². The molecular formula is C21H20FN5OS. The molecule has 4 rings (SSSR count). The maximum absolute atomic E-state index is 14.0. The van der Waals surface area contributed by atoms with Gasteiger partial charge in [-0.2, -0.15) is 4.98 Å². The van der Waals surface area contributed by atoms with Gasteiger partial charge in [0, 0.05) is 24.9 Å². The van der Waals surface area contributed by atoms with Crippen molar-refractivity contribution < 1.29 is 9.18 Å². The fourth-order valence-electron chi connectivity index (χ4n) is 2.98. The molecule has 2 heterocycles. The highest BCUT2D eigenvalue weighted by Gasteiger charge is 2.14. The lowest BCUT2D eigenvalue weighted by atomic mass is 10.1. The lowest BCUT2D eigenvalue weighted by molar-refractivity contribution is 0.241. The summed E-state index contributed by atoms with van der Waals surface area (Å²) in [5, 5.41) is 12.1. The molecule has 2 amide bonds. The standard InChI is InChI=1S/C21H20FN5OS/c22-18-9-5-4-8-17(18)19-25-21-27(26-19)16(14-29-21)11-13-24-20(28)23-12-10-15-6-2-1-3-7-15/h1-9,14H,10-13H2,(H2,23,24,28). The van der Waals surface area contributed by atoms with Gasteiger partial charge in [0.25, 0.3) is 0 Å². The van der Waals surface area contributed by atoms with Crippen molar-refractivity contribution in [2.24, 2.45) is 0 Å². The van der Waals surface area contributed by atoms with Crippen molar-refractivity contribution in [3.8, 4) is 11.4 Å². The minimum Gasteiger partial charge on any atom is -0.338 e. The van der Waals surface area contributed by atoms with Crippen LogP contribution >= 0.6 is 11.3 Å². The number of carbonyl (C=O) groups is 1. The lowest BCUT2D eigenvalue weighted by Crippen LogP contribution is -2.37. The summed E-state index contributed by atoms with van der Waals surface area (Å²) in [5.74, 6) is 0.0176. The number of aromatic nitrogens is 3. The zero-order chi connectivity index (χ0) is 20.1. The third kappa shape index (κ3) is 4.60. The van der Waals surface area contributed by atoms with Crippen LogP contribution in [-0.2, 0) is 12.8 Å². The molecule has 0 fully saturated rings. The van der Waals surface area contributed by atoms with Crippen LogP contribution in [0.3, 0.4) is 0 Å². The first-order valence-electron chi connectivity index (χ1n) is 9.34. The van der Waals surface area contributed by atoms with Crippen molar-refractivity contribution in [1.82, 2.24) is 25.2 Å². The van der Waals surface area contributed by atoms with Crippen molar-refractivity contribution in [1.29, 1.82) is 0 Å². The SMILES string of the molecule is O=C(NCCc1ccccc1)NCCc1csc2nc(-c3ccccc3F)nn12. The quantitative estimate of drug-likeness (QED) is 0.489. The predicted molar refractivity (Wildman–Crippen MR) is 112 cm³/mol. The van der Waals surface area contributed by atoms with Crippen molar-refractivity contribution in [2.75, 3.05) is 13.1 Å². The van der Waals surface area contributed by atoms with Crippen LogP contribution in [0.1, 0.15) is 11.3 Å². The zero-order valence-corrected chi connectivity index (χ0v) is 16.5. The Balaban J connectivity index is 1.29. The summed E-state index contributed by atoms with van der Waals surface area (Å²) in [6, 6.07) is 16.3. The van der Waals surface area contributed by atoms with Crippen LogP contribution in [0.25, 0.3) is 16.3 Å². The largest absolute Gasteiger partial charge is 0.338 e. The number of nitrogens with one attached hydrogen (secondary N) is 2. The fraction of sp³-hybridized carbons (Fsp3) is 0.190. The Bertz CT molecular complexity index is 1110. The van der Waals surface area contributed by atoms with Gasteiger partial charge in [0.15, 0.2) is 5.82 Å². The zero-order valence-electron chi connectivity index (χ0n) is 15.6. The molecule has 2 N–H and O–H groups in total. The number of hydrogen-bond donors (Lipinski definition) is 2. The van der Waals surface area contributed by atoms with Gasteiger partial charge in [-0.3, -0.25) is 0 Å². The summed E-state index contributed by atoms with van der Waals surface area (Å²) in [7, 11) is 0. The number of benzene rings is 2. The highest BCUT2D eigenvalue weighted by Crippen LogP contribution is 2.23. The van der Waals surface area contributed by atoms with Gasteiger partial charge in [0.2, 0.25) is 4.96 Å². The Kier molecular flexibility index (Phi) is 5.81. The van der Waals surface area contributed by atoms with Gasteiger partial charge in [-0.1, -0.05) is 42.5 Å². The molecule has 0 saturated carbocycles. The third-order valence-electron chi connectivity index (χ3n) is 4.47. The van der Waals surface area contributed by atoms with Gasteiger partial charge in [-0.05, 0) is 24.1 Å². The maximum Gasteiger partial charge on any atom is 0.314 e. The van der Waals surface area contributed by atoms with Gasteiger partial charge in [-0.15, -0.1) is 16.4 Å². The first-order chi connectivity index (χ1) is 14.2. The van der Waals surface area contributed by atoms with E-state index in [1.807, 2.05) is 35.7 Å². The van der Waals surface area contributed by atoms with Crippen LogP contribution in [0.15, 0.2) is 60.0 Å². The summed E-state index contributed by atoms with van der Waals surface area (Å²) in [6.45, 7) is 1.05. The first-order valence-corrected chi connectivity index (χ1v) is 10.2. The molecule has 0 unspecified atom stereocenters. The highest BCUT2D eigenvalue weighted by atomic mass is 32.1. The average Bonchev–Trinajstić information content (AvgIpc) is 3.31. The summed E-state index contributed by atoms with van der Waals surface area (Å²) < 4.78 is 15.7. The number of halogens is 1. The van der Waals surface area contributed by atoms with Crippen molar-refractivity contribution in [3.05, 3.63) is 77.1 Å². The second-order valence-electron chi connectivity index (χ2n) is 6.50. The summed E-state index contributed by atoms with van der Waals surface area (Å²) in [6.07, 6.45) is 1.39. The van der Waals surface area contributed by atoms with Crippen molar-refractivity contribution >= 4 is 22.3 Å². The third-order valence-corrected chi connectivity index (χ3v) is 5.34. The number of hydrogen-bond acceptors (Lipinski definition) is 4. The average molecular weight is 409 g/mol. The Morgan fingerprint density at radius 2 is 1.72 bits per heavy atom. The molecule has 0 atom stereocenters. The summed E-state index contributed by atoms with van der Waals surface area (Å²) in [5.41, 5.74) is 2.49. The second kappa shape index (κ2) is 8.83. The van der Waals surface area contributed by atoms with E-state index in [4.69, 9.17) is 0 Å². The van der Waals surface area contributed by atoms with E-state index in [9.17, 15) is 9.18 Å². The molecule has 0 aliphatic carbocycles.